The van der Waals surface area contributed by atoms with Crippen LogP contribution >= 0.6 is 0 Å². The molecule has 0 spiro atoms. The first kappa shape index (κ1) is 41.5. The van der Waals surface area contributed by atoms with E-state index in [-0.39, 0.29) is 35.7 Å². The molecular formula is C44H54N8O6. The molecule has 306 valence electrons. The lowest BCUT2D eigenvalue weighted by Gasteiger charge is -2.30. The van der Waals surface area contributed by atoms with E-state index in [9.17, 15) is 19.2 Å². The van der Waals surface area contributed by atoms with E-state index >= 15 is 0 Å². The molecule has 2 aromatic carbocycles. The molecule has 0 aliphatic carbocycles. The highest BCUT2D eigenvalue weighted by Crippen LogP contribution is 2.34. The fourth-order valence-electron chi connectivity index (χ4n) is 7.64. The summed E-state index contributed by atoms with van der Waals surface area (Å²) in [7, 11) is 2.59. The Bertz CT molecular complexity index is 1970. The van der Waals surface area contributed by atoms with E-state index in [1.165, 1.54) is 14.2 Å². The molecule has 2 fully saturated rings. The molecule has 0 radical (unpaired) electrons. The molecule has 14 heteroatoms. The quantitative estimate of drug-likeness (QED) is 0.114. The summed E-state index contributed by atoms with van der Waals surface area (Å²) in [6.45, 7) is 9.08. The maximum Gasteiger partial charge on any atom is 0.407 e. The molecular weight excluding hydrogens is 737 g/mol. The van der Waals surface area contributed by atoms with Crippen LogP contribution in [0.15, 0.2) is 60.9 Å². The molecule has 14 nitrogen and oxygen atoms in total. The lowest BCUT2D eigenvalue weighted by molar-refractivity contribution is -0.136. The van der Waals surface area contributed by atoms with E-state index in [0.29, 0.717) is 13.1 Å². The van der Waals surface area contributed by atoms with Gasteiger partial charge in [0.15, 0.2) is 0 Å². The highest BCUT2D eigenvalue weighted by Gasteiger charge is 2.39. The first-order valence-corrected chi connectivity index (χ1v) is 20.2. The monoisotopic (exact) mass is 790 g/mol. The predicted molar refractivity (Wildman–Crippen MR) is 219 cm³/mol. The van der Waals surface area contributed by atoms with Gasteiger partial charge in [-0.25, -0.2) is 19.6 Å². The summed E-state index contributed by atoms with van der Waals surface area (Å²) in [5.41, 5.74) is 5.31. The van der Waals surface area contributed by atoms with E-state index in [4.69, 9.17) is 9.47 Å². The second-order valence-corrected chi connectivity index (χ2v) is 15.1. The van der Waals surface area contributed by atoms with Gasteiger partial charge in [-0.2, -0.15) is 0 Å². The molecule has 2 aliphatic heterocycles. The Balaban J connectivity index is 1.08. The summed E-state index contributed by atoms with van der Waals surface area (Å²) < 4.78 is 9.58. The van der Waals surface area contributed by atoms with Gasteiger partial charge in [-0.3, -0.25) is 9.59 Å². The van der Waals surface area contributed by atoms with Crippen molar-refractivity contribution < 1.29 is 28.7 Å². The average molecular weight is 791 g/mol. The van der Waals surface area contributed by atoms with Crippen molar-refractivity contribution in [2.24, 2.45) is 11.8 Å². The molecule has 6 rings (SSSR count). The Morgan fingerprint density at radius 1 is 0.690 bits per heavy atom. The third kappa shape index (κ3) is 9.36. The number of carbonyl (C=O) groups is 4. The van der Waals surface area contributed by atoms with Crippen LogP contribution in [-0.4, -0.2) is 93.1 Å². The molecule has 0 unspecified atom stereocenters. The van der Waals surface area contributed by atoms with Gasteiger partial charge in [0.1, 0.15) is 23.7 Å². The van der Waals surface area contributed by atoms with Gasteiger partial charge in [0.25, 0.3) is 0 Å². The number of nitrogens with one attached hydrogen (secondary N) is 4. The van der Waals surface area contributed by atoms with Crippen LogP contribution in [0.2, 0.25) is 0 Å². The van der Waals surface area contributed by atoms with Gasteiger partial charge in [0.05, 0.1) is 50.1 Å². The topological polar surface area (TPSA) is 175 Å². The van der Waals surface area contributed by atoms with Crippen LogP contribution in [0.1, 0.15) is 101 Å². The van der Waals surface area contributed by atoms with Gasteiger partial charge < -0.3 is 39.9 Å². The molecule has 0 bridgehead atoms. The molecule has 2 aliphatic rings. The fraction of sp³-hybridized carbons (Fsp3) is 0.455. The number of H-pyrrole nitrogens is 2. The number of hydrogen-bond donors (Lipinski definition) is 4. The van der Waals surface area contributed by atoms with Crippen molar-refractivity contribution in [2.75, 3.05) is 27.3 Å². The number of amides is 4. The van der Waals surface area contributed by atoms with Gasteiger partial charge in [0, 0.05) is 24.2 Å². The zero-order valence-corrected chi connectivity index (χ0v) is 34.1. The van der Waals surface area contributed by atoms with Crippen LogP contribution in [0.5, 0.6) is 0 Å². The number of benzene rings is 2. The molecule has 4 aromatic rings. The standard InChI is InChI=1S/C44H54N8O6/c1-7-27(3)37(49-43(55)57-5)41(53)51-23-9-11-35(51)39-45-25-33(47-39)31-19-15-29(16-20-31)13-14-30-17-21-32(22-18-30)34-26-46-40(48-34)36-12-10-24-52(36)42(54)38(28(4)8-2)50-44(56)58-6/h15-22,25-28,35-38H,7-12,23-24H2,1-6H3,(H,45,47)(H,46,48)(H,49,55)(H,50,56)/t27-,28-,35-,36-,37-,38-/m0/s1. The number of carbonyl (C=O) groups excluding carboxylic acids is 4. The minimum atomic E-state index is -0.676. The number of aromatic amines is 2. The minimum Gasteiger partial charge on any atom is -0.453 e. The molecule has 4 heterocycles. The van der Waals surface area contributed by atoms with Crippen molar-refractivity contribution in [3.63, 3.8) is 0 Å². The summed E-state index contributed by atoms with van der Waals surface area (Å²) in [6, 6.07) is 14.1. The maximum absolute atomic E-state index is 13.7. The van der Waals surface area contributed by atoms with Crippen LogP contribution in [0.25, 0.3) is 22.5 Å². The highest BCUT2D eigenvalue weighted by molar-refractivity contribution is 5.87. The van der Waals surface area contributed by atoms with Crippen molar-refractivity contribution in [3.05, 3.63) is 83.7 Å². The van der Waals surface area contributed by atoms with E-state index in [2.05, 4.69) is 42.4 Å². The van der Waals surface area contributed by atoms with Gasteiger partial charge >= 0.3 is 12.2 Å². The van der Waals surface area contributed by atoms with Crippen LogP contribution in [0.3, 0.4) is 0 Å². The largest absolute Gasteiger partial charge is 0.453 e. The normalized spacial score (nSPS) is 18.4. The molecule has 2 aromatic heterocycles. The Morgan fingerprint density at radius 3 is 1.41 bits per heavy atom. The van der Waals surface area contributed by atoms with Gasteiger partial charge in [-0.05, 0) is 72.9 Å². The average Bonchev–Trinajstić information content (AvgIpc) is 4.10. The van der Waals surface area contributed by atoms with E-state index in [0.717, 1.165) is 83.8 Å². The number of imidazole rings is 2. The Kier molecular flexibility index (Phi) is 13.5. The first-order valence-electron chi connectivity index (χ1n) is 20.2. The summed E-state index contributed by atoms with van der Waals surface area (Å²) in [4.78, 5) is 71.2. The highest BCUT2D eigenvalue weighted by atomic mass is 16.5. The van der Waals surface area contributed by atoms with Gasteiger partial charge in [-0.1, -0.05) is 76.6 Å². The number of ether oxygens (including phenoxy) is 2. The number of likely N-dealkylation sites (tertiary alicyclic amines) is 2. The Labute approximate surface area is 339 Å². The van der Waals surface area contributed by atoms with Gasteiger partial charge in [-0.15, -0.1) is 0 Å². The second kappa shape index (κ2) is 18.9. The van der Waals surface area contributed by atoms with Crippen molar-refractivity contribution >= 4 is 24.0 Å². The molecule has 4 N–H and O–H groups in total. The fourth-order valence-corrected chi connectivity index (χ4v) is 7.64. The number of alkyl carbamates (subject to hydrolysis) is 2. The predicted octanol–water partition coefficient (Wildman–Crippen LogP) is 6.74. The van der Waals surface area contributed by atoms with Crippen molar-refractivity contribution in [3.8, 4) is 34.4 Å². The van der Waals surface area contributed by atoms with Gasteiger partial charge in [0.2, 0.25) is 11.8 Å². The SMILES string of the molecule is CC[C@H](C)[C@H](NC(=O)OC)C(=O)N1CCC[C@H]1c1ncc(-c2ccc(C#Cc3ccc(-c4cnc([C@@H]5CCCN5C(=O)[C@@H](NC(=O)OC)[C@@H](C)CC)[nH]4)cc3)cc2)[nH]1. The third-order valence-corrected chi connectivity index (χ3v) is 11.5. The number of nitrogens with zero attached hydrogens (tertiary/aromatic N) is 4. The van der Waals surface area contributed by atoms with Crippen molar-refractivity contribution in [2.45, 2.75) is 90.4 Å². The van der Waals surface area contributed by atoms with Crippen LogP contribution in [0.4, 0.5) is 9.59 Å². The van der Waals surface area contributed by atoms with Crippen LogP contribution in [0, 0.1) is 23.7 Å². The summed E-state index contributed by atoms with van der Waals surface area (Å²) in [6.07, 6.45) is 7.06. The van der Waals surface area contributed by atoms with Crippen molar-refractivity contribution in [1.82, 2.24) is 40.4 Å². The molecule has 58 heavy (non-hydrogen) atoms. The summed E-state index contributed by atoms with van der Waals surface area (Å²) >= 11 is 0. The minimum absolute atomic E-state index is 0.0557. The Hall–Kier alpha value is -6.10. The number of methoxy groups -OCH3 is 2. The summed E-state index contributed by atoms with van der Waals surface area (Å²) in [5, 5.41) is 5.48. The second-order valence-electron chi connectivity index (χ2n) is 15.1. The van der Waals surface area contributed by atoms with Crippen molar-refractivity contribution in [1.29, 1.82) is 0 Å². The number of hydrogen-bond acceptors (Lipinski definition) is 8. The van der Waals surface area contributed by atoms with E-state index in [1.54, 1.807) is 12.4 Å². The zero-order valence-electron chi connectivity index (χ0n) is 34.1. The number of rotatable bonds is 12. The molecule has 4 amide bonds. The summed E-state index contributed by atoms with van der Waals surface area (Å²) in [5.74, 6) is 7.58. The Morgan fingerprint density at radius 2 is 1.07 bits per heavy atom. The first-order chi connectivity index (χ1) is 28.0. The lowest BCUT2D eigenvalue weighted by Crippen LogP contribution is -2.51. The molecule has 0 saturated carbocycles. The van der Waals surface area contributed by atoms with E-state index in [1.807, 2.05) is 86.0 Å². The molecule has 6 atom stereocenters. The van der Waals surface area contributed by atoms with E-state index < -0.39 is 24.3 Å². The van der Waals surface area contributed by atoms with Crippen LogP contribution in [-0.2, 0) is 19.1 Å². The lowest BCUT2D eigenvalue weighted by atomic mass is 9.97. The maximum atomic E-state index is 13.7. The molecule has 2 saturated heterocycles. The zero-order chi connectivity index (χ0) is 41.3. The number of aromatic nitrogens is 4. The third-order valence-electron chi connectivity index (χ3n) is 11.5. The smallest absolute Gasteiger partial charge is 0.407 e. The van der Waals surface area contributed by atoms with Crippen LogP contribution < -0.4 is 10.6 Å².